The molecular formula is C27H26N2O4. The topological polar surface area (TPSA) is 75.7 Å². The van der Waals surface area contributed by atoms with Crippen molar-refractivity contribution in [2.24, 2.45) is 0 Å². The quantitative estimate of drug-likeness (QED) is 0.541. The number of aryl methyl sites for hydroxylation is 1. The number of nitrogens with zero attached hydrogens (tertiary/aromatic N) is 1. The Balaban J connectivity index is 1.54. The van der Waals surface area contributed by atoms with Crippen molar-refractivity contribution in [3.63, 3.8) is 0 Å². The summed E-state index contributed by atoms with van der Waals surface area (Å²) in [5, 5.41) is 2.93. The molecule has 0 aliphatic carbocycles. The molecule has 33 heavy (non-hydrogen) atoms. The summed E-state index contributed by atoms with van der Waals surface area (Å²) in [4.78, 5) is 40.5. The number of carbonyl (C=O) groups is 3. The van der Waals surface area contributed by atoms with Gasteiger partial charge >= 0.3 is 0 Å². The number of carbonyl (C=O) groups excluding carboxylic acids is 3. The first-order valence-electron chi connectivity index (χ1n) is 10.9. The van der Waals surface area contributed by atoms with Crippen molar-refractivity contribution in [2.75, 3.05) is 13.7 Å². The van der Waals surface area contributed by atoms with Crippen LogP contribution < -0.4 is 10.1 Å². The van der Waals surface area contributed by atoms with E-state index >= 15 is 0 Å². The fourth-order valence-corrected chi connectivity index (χ4v) is 4.17. The van der Waals surface area contributed by atoms with Gasteiger partial charge in [0.15, 0.2) is 0 Å². The number of imide groups is 1. The van der Waals surface area contributed by atoms with Gasteiger partial charge in [-0.05, 0) is 42.7 Å². The van der Waals surface area contributed by atoms with Crippen LogP contribution in [0.3, 0.4) is 0 Å². The van der Waals surface area contributed by atoms with Crippen LogP contribution in [0.5, 0.6) is 5.75 Å². The van der Waals surface area contributed by atoms with E-state index in [2.05, 4.69) is 5.32 Å². The predicted octanol–water partition coefficient (Wildman–Crippen LogP) is 3.57. The van der Waals surface area contributed by atoms with Gasteiger partial charge < -0.3 is 10.1 Å². The Hall–Kier alpha value is -3.93. The second-order valence-corrected chi connectivity index (χ2v) is 8.09. The molecule has 0 radical (unpaired) electrons. The van der Waals surface area contributed by atoms with Gasteiger partial charge in [-0.1, -0.05) is 60.2 Å². The van der Waals surface area contributed by atoms with Crippen molar-refractivity contribution >= 4 is 17.7 Å². The van der Waals surface area contributed by atoms with Crippen molar-refractivity contribution in [2.45, 2.75) is 25.8 Å². The zero-order chi connectivity index (χ0) is 23.4. The molecule has 3 aromatic carbocycles. The molecule has 3 aromatic rings. The first-order chi connectivity index (χ1) is 16.0. The highest BCUT2D eigenvalue weighted by atomic mass is 16.5. The number of methoxy groups -OCH3 is 1. The maximum atomic E-state index is 13.3. The Kier molecular flexibility index (Phi) is 6.54. The monoisotopic (exact) mass is 442 g/mol. The van der Waals surface area contributed by atoms with E-state index in [0.717, 1.165) is 27.3 Å². The molecule has 0 aromatic heterocycles. The minimum atomic E-state index is -0.945. The van der Waals surface area contributed by atoms with E-state index < -0.39 is 17.9 Å². The van der Waals surface area contributed by atoms with Gasteiger partial charge in [0, 0.05) is 13.0 Å². The molecule has 4 rings (SSSR count). The number of ether oxygens (including phenoxy) is 1. The summed E-state index contributed by atoms with van der Waals surface area (Å²) in [6.07, 6.45) is 0.808. The highest BCUT2D eigenvalue weighted by Crippen LogP contribution is 2.26. The first-order valence-corrected chi connectivity index (χ1v) is 10.9. The van der Waals surface area contributed by atoms with Crippen LogP contribution in [0.2, 0.25) is 0 Å². The molecular weight excluding hydrogens is 416 g/mol. The van der Waals surface area contributed by atoms with Gasteiger partial charge in [-0.3, -0.25) is 19.3 Å². The molecule has 3 amide bonds. The number of hydrogen-bond acceptors (Lipinski definition) is 4. The van der Waals surface area contributed by atoms with E-state index in [1.165, 1.54) is 0 Å². The third kappa shape index (κ3) is 4.65. The van der Waals surface area contributed by atoms with Crippen LogP contribution >= 0.6 is 0 Å². The summed E-state index contributed by atoms with van der Waals surface area (Å²) in [6, 6.07) is 21.0. The molecule has 1 aliphatic rings. The Labute approximate surface area is 193 Å². The molecule has 1 aliphatic heterocycles. The standard InChI is InChI=1S/C27H26N2O4/c1-18-12-13-24(33-2)20(16-18)14-15-28-25(30)23(17-19-8-4-3-5-9-19)29-26(31)21-10-6-7-11-22(21)27(29)32/h3-13,16,23H,14-15,17H2,1-2H3,(H,28,30)/t23-/m0/s1. The van der Waals surface area contributed by atoms with E-state index in [1.807, 2.05) is 55.5 Å². The zero-order valence-electron chi connectivity index (χ0n) is 18.7. The van der Waals surface area contributed by atoms with Gasteiger partial charge in [-0.2, -0.15) is 0 Å². The molecule has 0 saturated carbocycles. The fraction of sp³-hybridized carbons (Fsp3) is 0.222. The number of fused-ring (bicyclic) bond motifs is 1. The van der Waals surface area contributed by atoms with Crippen LogP contribution in [-0.2, 0) is 17.6 Å². The maximum absolute atomic E-state index is 13.3. The minimum Gasteiger partial charge on any atom is -0.496 e. The average Bonchev–Trinajstić information content (AvgIpc) is 3.08. The van der Waals surface area contributed by atoms with Gasteiger partial charge in [-0.25, -0.2) is 0 Å². The molecule has 1 N–H and O–H groups in total. The molecule has 0 unspecified atom stereocenters. The summed E-state index contributed by atoms with van der Waals surface area (Å²) < 4.78 is 5.42. The van der Waals surface area contributed by atoms with E-state index in [1.54, 1.807) is 31.4 Å². The number of rotatable bonds is 8. The molecule has 1 atom stereocenters. The Bertz CT molecular complexity index is 1150. The van der Waals surface area contributed by atoms with E-state index in [4.69, 9.17) is 4.74 Å². The first kappa shape index (κ1) is 22.3. The lowest BCUT2D eigenvalue weighted by Crippen LogP contribution is -2.51. The second kappa shape index (κ2) is 9.69. The van der Waals surface area contributed by atoms with Crippen molar-refractivity contribution < 1.29 is 19.1 Å². The van der Waals surface area contributed by atoms with Crippen LogP contribution in [0.25, 0.3) is 0 Å². The Morgan fingerprint density at radius 3 is 2.21 bits per heavy atom. The summed E-state index contributed by atoms with van der Waals surface area (Å²) >= 11 is 0. The lowest BCUT2D eigenvalue weighted by molar-refractivity contribution is -0.125. The van der Waals surface area contributed by atoms with Crippen molar-refractivity contribution in [1.29, 1.82) is 0 Å². The van der Waals surface area contributed by atoms with E-state index in [-0.39, 0.29) is 12.3 Å². The fourth-order valence-electron chi connectivity index (χ4n) is 4.17. The second-order valence-electron chi connectivity index (χ2n) is 8.09. The normalized spacial score (nSPS) is 13.6. The summed E-state index contributed by atoms with van der Waals surface area (Å²) in [7, 11) is 1.62. The van der Waals surface area contributed by atoms with Gasteiger partial charge in [0.1, 0.15) is 11.8 Å². The highest BCUT2D eigenvalue weighted by Gasteiger charge is 2.42. The van der Waals surface area contributed by atoms with Crippen LogP contribution in [-0.4, -0.2) is 42.3 Å². The van der Waals surface area contributed by atoms with Gasteiger partial charge in [0.2, 0.25) is 5.91 Å². The molecule has 0 fully saturated rings. The van der Waals surface area contributed by atoms with Crippen LogP contribution in [0, 0.1) is 6.92 Å². The van der Waals surface area contributed by atoms with Crippen molar-refractivity contribution in [3.05, 3.63) is 101 Å². The molecule has 0 spiro atoms. The predicted molar refractivity (Wildman–Crippen MR) is 125 cm³/mol. The van der Waals surface area contributed by atoms with E-state index in [0.29, 0.717) is 24.1 Å². The number of benzene rings is 3. The molecule has 6 nitrogen and oxygen atoms in total. The maximum Gasteiger partial charge on any atom is 0.262 e. The van der Waals surface area contributed by atoms with Gasteiger partial charge in [-0.15, -0.1) is 0 Å². The van der Waals surface area contributed by atoms with E-state index in [9.17, 15) is 14.4 Å². The highest BCUT2D eigenvalue weighted by molar-refractivity contribution is 6.22. The van der Waals surface area contributed by atoms with Crippen molar-refractivity contribution in [3.8, 4) is 5.75 Å². The Morgan fingerprint density at radius 2 is 1.58 bits per heavy atom. The van der Waals surface area contributed by atoms with Crippen LogP contribution in [0.1, 0.15) is 37.4 Å². The smallest absolute Gasteiger partial charge is 0.262 e. The lowest BCUT2D eigenvalue weighted by Gasteiger charge is -2.25. The molecule has 6 heteroatoms. The average molecular weight is 443 g/mol. The number of nitrogens with one attached hydrogen (secondary N) is 1. The molecule has 168 valence electrons. The number of hydrogen-bond donors (Lipinski definition) is 1. The zero-order valence-corrected chi connectivity index (χ0v) is 18.7. The third-order valence-corrected chi connectivity index (χ3v) is 5.84. The molecule has 0 bridgehead atoms. The van der Waals surface area contributed by atoms with Crippen LogP contribution in [0.4, 0.5) is 0 Å². The Morgan fingerprint density at radius 1 is 0.939 bits per heavy atom. The third-order valence-electron chi connectivity index (χ3n) is 5.84. The SMILES string of the molecule is COc1ccc(C)cc1CCNC(=O)[C@H](Cc1ccccc1)N1C(=O)c2ccccc2C1=O. The summed E-state index contributed by atoms with van der Waals surface area (Å²) in [5.41, 5.74) is 3.62. The van der Waals surface area contributed by atoms with Crippen molar-refractivity contribution in [1.82, 2.24) is 10.2 Å². The lowest BCUT2D eigenvalue weighted by atomic mass is 10.0. The molecule has 0 saturated heterocycles. The van der Waals surface area contributed by atoms with Gasteiger partial charge in [0.25, 0.3) is 11.8 Å². The summed E-state index contributed by atoms with van der Waals surface area (Å²) in [6.45, 7) is 2.35. The summed E-state index contributed by atoms with van der Waals surface area (Å²) in [5.74, 6) is -0.477. The molecule has 1 heterocycles. The van der Waals surface area contributed by atoms with Crippen LogP contribution in [0.15, 0.2) is 72.8 Å². The minimum absolute atomic E-state index is 0.242. The largest absolute Gasteiger partial charge is 0.496 e. The van der Waals surface area contributed by atoms with Gasteiger partial charge in [0.05, 0.1) is 18.2 Å². The number of amides is 3.